The summed E-state index contributed by atoms with van der Waals surface area (Å²) in [7, 11) is 1.88. The number of carbonyl (C=O) groups is 1. The van der Waals surface area contributed by atoms with Crippen LogP contribution in [-0.4, -0.2) is 36.1 Å². The van der Waals surface area contributed by atoms with E-state index in [0.29, 0.717) is 13.1 Å². The highest BCUT2D eigenvalue weighted by atomic mass is 19.1. The van der Waals surface area contributed by atoms with Crippen LogP contribution in [0.4, 0.5) is 4.39 Å². The average Bonchev–Trinajstić information content (AvgIpc) is 2.60. The highest BCUT2D eigenvalue weighted by molar-refractivity contribution is 5.72. The summed E-state index contributed by atoms with van der Waals surface area (Å²) in [4.78, 5) is 13.1. The molecule has 1 fully saturated rings. The van der Waals surface area contributed by atoms with Crippen molar-refractivity contribution >= 4 is 5.97 Å². The number of likely N-dealkylation sites (tertiary alicyclic amines) is 1. The summed E-state index contributed by atoms with van der Waals surface area (Å²) in [5, 5.41) is 9.11. The molecule has 2 atom stereocenters. The summed E-state index contributed by atoms with van der Waals surface area (Å²) >= 11 is 0. The van der Waals surface area contributed by atoms with Crippen molar-refractivity contribution in [2.24, 2.45) is 5.92 Å². The number of hydrogen-bond donors (Lipinski definition) is 1. The maximum absolute atomic E-state index is 13.1. The van der Waals surface area contributed by atoms with Gasteiger partial charge in [0.25, 0.3) is 0 Å². The zero-order chi connectivity index (χ0) is 11.7. The van der Waals surface area contributed by atoms with Crippen molar-refractivity contribution in [2.45, 2.75) is 5.92 Å². The summed E-state index contributed by atoms with van der Waals surface area (Å²) in [6, 6.07) is 6.22. The van der Waals surface area contributed by atoms with Gasteiger partial charge in [-0.05, 0) is 24.7 Å². The lowest BCUT2D eigenvalue weighted by atomic mass is 9.89. The molecule has 0 radical (unpaired) electrons. The number of likely N-dealkylation sites (N-methyl/N-ethyl adjacent to an activating group) is 1. The Labute approximate surface area is 93.5 Å². The van der Waals surface area contributed by atoms with Crippen molar-refractivity contribution in [3.63, 3.8) is 0 Å². The van der Waals surface area contributed by atoms with Crippen LogP contribution in [0.3, 0.4) is 0 Å². The third-order valence-electron chi connectivity index (χ3n) is 3.10. The van der Waals surface area contributed by atoms with Gasteiger partial charge in [0.15, 0.2) is 0 Å². The maximum atomic E-state index is 13.1. The second kappa shape index (κ2) is 4.22. The number of rotatable bonds is 2. The molecule has 1 heterocycles. The number of hydrogen-bond acceptors (Lipinski definition) is 2. The number of nitrogens with zero attached hydrogens (tertiary/aromatic N) is 1. The van der Waals surface area contributed by atoms with Gasteiger partial charge in [0.1, 0.15) is 5.82 Å². The zero-order valence-electron chi connectivity index (χ0n) is 9.06. The topological polar surface area (TPSA) is 40.5 Å². The second-order valence-corrected chi connectivity index (χ2v) is 4.33. The molecular weight excluding hydrogens is 209 g/mol. The van der Waals surface area contributed by atoms with E-state index in [2.05, 4.69) is 0 Å². The summed E-state index contributed by atoms with van der Waals surface area (Å²) < 4.78 is 13.1. The summed E-state index contributed by atoms with van der Waals surface area (Å²) in [5.74, 6) is -1.67. The van der Waals surface area contributed by atoms with Crippen LogP contribution in [0, 0.1) is 11.7 Å². The molecule has 1 saturated heterocycles. The first-order valence-electron chi connectivity index (χ1n) is 5.24. The maximum Gasteiger partial charge on any atom is 0.308 e. The van der Waals surface area contributed by atoms with E-state index in [-0.39, 0.29) is 11.7 Å². The van der Waals surface area contributed by atoms with Crippen LogP contribution in [0.5, 0.6) is 0 Å². The van der Waals surface area contributed by atoms with E-state index in [1.54, 1.807) is 12.1 Å². The van der Waals surface area contributed by atoms with E-state index in [4.69, 9.17) is 5.11 Å². The number of halogens is 1. The van der Waals surface area contributed by atoms with E-state index in [9.17, 15) is 9.18 Å². The van der Waals surface area contributed by atoms with Gasteiger partial charge in [0.2, 0.25) is 0 Å². The molecular formula is C12H14FNO2. The van der Waals surface area contributed by atoms with Gasteiger partial charge in [0, 0.05) is 19.0 Å². The molecule has 3 nitrogen and oxygen atoms in total. The van der Waals surface area contributed by atoms with E-state index in [1.165, 1.54) is 12.1 Å². The SMILES string of the molecule is CN1CC(C(=O)O)C(c2cccc(F)c2)C1. The Bertz CT molecular complexity index is 408. The van der Waals surface area contributed by atoms with Crippen LogP contribution in [0.25, 0.3) is 0 Å². The highest BCUT2D eigenvalue weighted by Crippen LogP contribution is 2.32. The minimum atomic E-state index is -0.807. The van der Waals surface area contributed by atoms with Crippen molar-refractivity contribution < 1.29 is 14.3 Å². The Morgan fingerprint density at radius 2 is 2.25 bits per heavy atom. The standard InChI is InChI=1S/C12H14FNO2/c1-14-6-10(11(7-14)12(15)16)8-3-2-4-9(13)5-8/h2-5,10-11H,6-7H2,1H3,(H,15,16). The van der Waals surface area contributed by atoms with Crippen LogP contribution in [-0.2, 0) is 4.79 Å². The molecule has 0 aromatic heterocycles. The quantitative estimate of drug-likeness (QED) is 0.827. The molecule has 2 unspecified atom stereocenters. The Morgan fingerprint density at radius 1 is 1.50 bits per heavy atom. The molecule has 1 N–H and O–H groups in total. The Morgan fingerprint density at radius 3 is 2.88 bits per heavy atom. The van der Waals surface area contributed by atoms with Crippen molar-refractivity contribution in [1.29, 1.82) is 0 Å². The van der Waals surface area contributed by atoms with Crippen LogP contribution in [0.2, 0.25) is 0 Å². The minimum absolute atomic E-state index is 0.113. The Kier molecular flexibility index (Phi) is 2.92. The normalized spacial score (nSPS) is 25.9. The fraction of sp³-hybridized carbons (Fsp3) is 0.417. The molecule has 1 aromatic rings. The molecule has 0 saturated carbocycles. The number of benzene rings is 1. The monoisotopic (exact) mass is 223 g/mol. The molecule has 0 aliphatic carbocycles. The molecule has 0 amide bonds. The lowest BCUT2D eigenvalue weighted by Gasteiger charge is -2.14. The fourth-order valence-corrected chi connectivity index (χ4v) is 2.33. The van der Waals surface area contributed by atoms with Gasteiger partial charge in [0.05, 0.1) is 5.92 Å². The molecule has 0 spiro atoms. The molecule has 4 heteroatoms. The van der Waals surface area contributed by atoms with Crippen LogP contribution >= 0.6 is 0 Å². The van der Waals surface area contributed by atoms with E-state index >= 15 is 0 Å². The van der Waals surface area contributed by atoms with Crippen molar-refractivity contribution in [3.05, 3.63) is 35.6 Å². The largest absolute Gasteiger partial charge is 0.481 e. The van der Waals surface area contributed by atoms with E-state index in [1.807, 2.05) is 11.9 Å². The molecule has 1 aromatic carbocycles. The molecule has 86 valence electrons. The van der Waals surface area contributed by atoms with E-state index < -0.39 is 11.9 Å². The molecule has 0 bridgehead atoms. The summed E-state index contributed by atoms with van der Waals surface area (Å²) in [6.45, 7) is 1.19. The van der Waals surface area contributed by atoms with E-state index in [0.717, 1.165) is 5.56 Å². The number of carboxylic acids is 1. The van der Waals surface area contributed by atoms with Gasteiger partial charge in [-0.25, -0.2) is 4.39 Å². The minimum Gasteiger partial charge on any atom is -0.481 e. The van der Waals surface area contributed by atoms with Gasteiger partial charge >= 0.3 is 5.97 Å². The lowest BCUT2D eigenvalue weighted by Crippen LogP contribution is -2.21. The van der Waals surface area contributed by atoms with Gasteiger partial charge in [-0.15, -0.1) is 0 Å². The first-order valence-corrected chi connectivity index (χ1v) is 5.24. The Balaban J connectivity index is 2.28. The highest BCUT2D eigenvalue weighted by Gasteiger charge is 2.36. The van der Waals surface area contributed by atoms with Crippen molar-refractivity contribution in [1.82, 2.24) is 4.90 Å². The van der Waals surface area contributed by atoms with Crippen LogP contribution in [0.15, 0.2) is 24.3 Å². The predicted octanol–water partition coefficient (Wildman–Crippen LogP) is 1.56. The summed E-state index contributed by atoms with van der Waals surface area (Å²) in [5.41, 5.74) is 0.775. The lowest BCUT2D eigenvalue weighted by molar-refractivity contribution is -0.141. The van der Waals surface area contributed by atoms with Crippen LogP contribution < -0.4 is 0 Å². The second-order valence-electron chi connectivity index (χ2n) is 4.33. The smallest absolute Gasteiger partial charge is 0.308 e. The van der Waals surface area contributed by atoms with Gasteiger partial charge < -0.3 is 10.0 Å². The molecule has 1 aliphatic rings. The Hall–Kier alpha value is -1.42. The fourth-order valence-electron chi connectivity index (χ4n) is 2.33. The predicted molar refractivity (Wildman–Crippen MR) is 57.8 cm³/mol. The molecule has 16 heavy (non-hydrogen) atoms. The van der Waals surface area contributed by atoms with Crippen molar-refractivity contribution in [2.75, 3.05) is 20.1 Å². The van der Waals surface area contributed by atoms with Gasteiger partial charge in [-0.2, -0.15) is 0 Å². The molecule has 2 rings (SSSR count). The zero-order valence-corrected chi connectivity index (χ0v) is 9.06. The first-order chi connectivity index (χ1) is 7.58. The number of carboxylic acid groups (broad SMARTS) is 1. The number of aliphatic carboxylic acids is 1. The summed E-state index contributed by atoms with van der Waals surface area (Å²) in [6.07, 6.45) is 0. The van der Waals surface area contributed by atoms with Crippen LogP contribution in [0.1, 0.15) is 11.5 Å². The third kappa shape index (κ3) is 2.07. The molecule has 1 aliphatic heterocycles. The van der Waals surface area contributed by atoms with Gasteiger partial charge in [-0.3, -0.25) is 4.79 Å². The van der Waals surface area contributed by atoms with Gasteiger partial charge in [-0.1, -0.05) is 12.1 Å². The first kappa shape index (κ1) is 11.1. The average molecular weight is 223 g/mol. The third-order valence-corrected chi connectivity index (χ3v) is 3.10. The van der Waals surface area contributed by atoms with Crippen molar-refractivity contribution in [3.8, 4) is 0 Å².